The van der Waals surface area contributed by atoms with Gasteiger partial charge in [0.2, 0.25) is 0 Å². The van der Waals surface area contributed by atoms with E-state index >= 15 is 0 Å². The van der Waals surface area contributed by atoms with Crippen molar-refractivity contribution in [3.05, 3.63) is 35.3 Å². The molecule has 0 aliphatic rings. The van der Waals surface area contributed by atoms with Crippen LogP contribution < -0.4 is 5.32 Å². The summed E-state index contributed by atoms with van der Waals surface area (Å²) in [5.41, 5.74) is 1.16. The summed E-state index contributed by atoms with van der Waals surface area (Å²) >= 11 is 1.69. The molecular weight excluding hydrogens is 230 g/mol. The molecule has 1 aromatic heterocycles. The normalized spacial score (nSPS) is 10.6. The molecule has 1 heterocycles. The molecule has 4 heteroatoms. The highest BCUT2D eigenvalue weighted by Crippen LogP contribution is 2.23. The van der Waals surface area contributed by atoms with Crippen molar-refractivity contribution in [2.45, 2.75) is 19.8 Å². The second-order valence-corrected chi connectivity index (χ2v) is 4.89. The summed E-state index contributed by atoms with van der Waals surface area (Å²) in [4.78, 5) is 0. The summed E-state index contributed by atoms with van der Waals surface area (Å²) in [5, 5.41) is 13.9. The predicted molar refractivity (Wildman–Crippen MR) is 72.2 cm³/mol. The van der Waals surface area contributed by atoms with Gasteiger partial charge in [-0.15, -0.1) is 10.2 Å². The van der Waals surface area contributed by atoms with Crippen LogP contribution in [0.25, 0.3) is 10.6 Å². The van der Waals surface area contributed by atoms with Crippen molar-refractivity contribution in [1.82, 2.24) is 15.5 Å². The highest BCUT2D eigenvalue weighted by molar-refractivity contribution is 7.14. The lowest BCUT2D eigenvalue weighted by molar-refractivity contribution is 0.669. The first kappa shape index (κ1) is 12.2. The van der Waals surface area contributed by atoms with Gasteiger partial charge < -0.3 is 5.32 Å². The highest BCUT2D eigenvalue weighted by atomic mass is 32.1. The molecular formula is C13H17N3S. The molecule has 3 nitrogen and oxygen atoms in total. The topological polar surface area (TPSA) is 37.8 Å². The number of benzene rings is 1. The van der Waals surface area contributed by atoms with E-state index in [-0.39, 0.29) is 0 Å². The van der Waals surface area contributed by atoms with Crippen LogP contribution in [0, 0.1) is 0 Å². The van der Waals surface area contributed by atoms with Crippen LogP contribution in [-0.2, 0) is 6.42 Å². The third-order valence-corrected chi connectivity index (χ3v) is 3.51. The molecule has 0 saturated carbocycles. The molecule has 0 aliphatic heterocycles. The minimum Gasteiger partial charge on any atom is -0.317 e. The average Bonchev–Trinajstić information content (AvgIpc) is 2.85. The Morgan fingerprint density at radius 1 is 1.18 bits per heavy atom. The molecule has 1 aromatic carbocycles. The molecule has 0 atom stereocenters. The first-order chi connectivity index (χ1) is 8.40. The standard InChI is InChI=1S/C13H17N3S/c1-2-14-10-6-9-12-15-16-13(17-12)11-7-4-3-5-8-11/h3-5,7-8,14H,2,6,9-10H2,1H3. The van der Waals surface area contributed by atoms with E-state index in [1.165, 1.54) is 0 Å². The van der Waals surface area contributed by atoms with E-state index in [1.807, 2.05) is 18.2 Å². The largest absolute Gasteiger partial charge is 0.317 e. The quantitative estimate of drug-likeness (QED) is 0.798. The molecule has 0 aliphatic carbocycles. The van der Waals surface area contributed by atoms with Crippen molar-refractivity contribution in [2.24, 2.45) is 0 Å². The second-order valence-electron chi connectivity index (χ2n) is 3.82. The van der Waals surface area contributed by atoms with Crippen LogP contribution in [0.1, 0.15) is 18.4 Å². The van der Waals surface area contributed by atoms with Crippen LogP contribution in [0.3, 0.4) is 0 Å². The number of hydrogen-bond acceptors (Lipinski definition) is 4. The van der Waals surface area contributed by atoms with Gasteiger partial charge in [-0.3, -0.25) is 0 Å². The monoisotopic (exact) mass is 247 g/mol. The molecule has 2 aromatic rings. The lowest BCUT2D eigenvalue weighted by atomic mass is 10.2. The average molecular weight is 247 g/mol. The molecule has 0 spiro atoms. The molecule has 0 radical (unpaired) electrons. The summed E-state index contributed by atoms with van der Waals surface area (Å²) in [6.07, 6.45) is 2.13. The Bertz CT molecular complexity index is 439. The molecule has 0 fully saturated rings. The lowest BCUT2D eigenvalue weighted by Gasteiger charge is -1.97. The van der Waals surface area contributed by atoms with Gasteiger partial charge in [-0.25, -0.2) is 0 Å². The summed E-state index contributed by atoms with van der Waals surface area (Å²) in [5.74, 6) is 0. The second kappa shape index (κ2) is 6.47. The minimum absolute atomic E-state index is 1.01. The predicted octanol–water partition coefficient (Wildman–Crippen LogP) is 2.75. The van der Waals surface area contributed by atoms with Crippen molar-refractivity contribution in [1.29, 1.82) is 0 Å². The number of aryl methyl sites for hydroxylation is 1. The van der Waals surface area contributed by atoms with Gasteiger partial charge in [0.25, 0.3) is 0 Å². The smallest absolute Gasteiger partial charge is 0.147 e. The lowest BCUT2D eigenvalue weighted by Crippen LogP contribution is -2.14. The van der Waals surface area contributed by atoms with E-state index in [9.17, 15) is 0 Å². The maximum absolute atomic E-state index is 4.23. The molecule has 0 unspecified atom stereocenters. The van der Waals surface area contributed by atoms with Gasteiger partial charge in [0.15, 0.2) is 0 Å². The number of aromatic nitrogens is 2. The van der Waals surface area contributed by atoms with Crippen LogP contribution in [-0.4, -0.2) is 23.3 Å². The van der Waals surface area contributed by atoms with E-state index in [1.54, 1.807) is 11.3 Å². The van der Waals surface area contributed by atoms with Crippen LogP contribution in [0.4, 0.5) is 0 Å². The Hall–Kier alpha value is -1.26. The first-order valence-electron chi connectivity index (χ1n) is 5.98. The van der Waals surface area contributed by atoms with Crippen LogP contribution in [0.5, 0.6) is 0 Å². The third kappa shape index (κ3) is 3.61. The van der Waals surface area contributed by atoms with Gasteiger partial charge >= 0.3 is 0 Å². The fourth-order valence-electron chi connectivity index (χ4n) is 1.59. The van der Waals surface area contributed by atoms with Gasteiger partial charge in [0.05, 0.1) is 0 Å². The van der Waals surface area contributed by atoms with Crippen molar-refractivity contribution < 1.29 is 0 Å². The van der Waals surface area contributed by atoms with Crippen molar-refractivity contribution >= 4 is 11.3 Å². The Kier molecular flexibility index (Phi) is 4.64. The van der Waals surface area contributed by atoms with Gasteiger partial charge in [-0.05, 0) is 19.5 Å². The Labute approximate surface area is 106 Å². The van der Waals surface area contributed by atoms with E-state index in [0.29, 0.717) is 0 Å². The SMILES string of the molecule is CCNCCCc1nnc(-c2ccccc2)s1. The van der Waals surface area contributed by atoms with Crippen LogP contribution in [0.15, 0.2) is 30.3 Å². The van der Waals surface area contributed by atoms with Gasteiger partial charge in [-0.1, -0.05) is 48.6 Å². The Balaban J connectivity index is 1.92. The van der Waals surface area contributed by atoms with Crippen LogP contribution >= 0.6 is 11.3 Å². The maximum atomic E-state index is 4.23. The Morgan fingerprint density at radius 2 is 2.00 bits per heavy atom. The summed E-state index contributed by atoms with van der Waals surface area (Å²) in [7, 11) is 0. The Morgan fingerprint density at radius 3 is 2.76 bits per heavy atom. The number of nitrogens with zero attached hydrogens (tertiary/aromatic N) is 2. The molecule has 2 rings (SSSR count). The zero-order valence-electron chi connectivity index (χ0n) is 10.0. The maximum Gasteiger partial charge on any atom is 0.147 e. The van der Waals surface area contributed by atoms with E-state index < -0.39 is 0 Å². The number of nitrogens with one attached hydrogen (secondary N) is 1. The molecule has 0 bridgehead atoms. The van der Waals surface area contributed by atoms with E-state index in [0.717, 1.165) is 41.5 Å². The molecule has 1 N–H and O–H groups in total. The van der Waals surface area contributed by atoms with Crippen molar-refractivity contribution in [3.8, 4) is 10.6 Å². The third-order valence-electron chi connectivity index (χ3n) is 2.48. The molecule has 0 saturated heterocycles. The first-order valence-corrected chi connectivity index (χ1v) is 6.80. The summed E-state index contributed by atoms with van der Waals surface area (Å²) in [6.45, 7) is 4.21. The zero-order chi connectivity index (χ0) is 11.9. The van der Waals surface area contributed by atoms with Crippen LogP contribution in [0.2, 0.25) is 0 Å². The summed E-state index contributed by atoms with van der Waals surface area (Å²) < 4.78 is 0. The fraction of sp³-hybridized carbons (Fsp3) is 0.385. The fourth-order valence-corrected chi connectivity index (χ4v) is 2.48. The highest BCUT2D eigenvalue weighted by Gasteiger charge is 2.05. The molecule has 0 amide bonds. The van der Waals surface area contributed by atoms with Crippen molar-refractivity contribution in [2.75, 3.05) is 13.1 Å². The number of rotatable bonds is 6. The van der Waals surface area contributed by atoms with Gasteiger partial charge in [-0.2, -0.15) is 0 Å². The minimum atomic E-state index is 1.01. The van der Waals surface area contributed by atoms with E-state index in [2.05, 4.69) is 34.6 Å². The molecule has 90 valence electrons. The molecule has 17 heavy (non-hydrogen) atoms. The number of hydrogen-bond donors (Lipinski definition) is 1. The van der Waals surface area contributed by atoms with Gasteiger partial charge in [0.1, 0.15) is 10.0 Å². The van der Waals surface area contributed by atoms with Crippen molar-refractivity contribution in [3.63, 3.8) is 0 Å². The van der Waals surface area contributed by atoms with E-state index in [4.69, 9.17) is 0 Å². The summed E-state index contributed by atoms with van der Waals surface area (Å²) in [6, 6.07) is 10.2. The van der Waals surface area contributed by atoms with Gasteiger partial charge in [0, 0.05) is 12.0 Å². The zero-order valence-corrected chi connectivity index (χ0v) is 10.8.